The van der Waals surface area contributed by atoms with Gasteiger partial charge < -0.3 is 4.74 Å². The van der Waals surface area contributed by atoms with Crippen molar-refractivity contribution in [3.05, 3.63) is 39.8 Å². The highest BCUT2D eigenvalue weighted by atomic mass is 16.6. The van der Waals surface area contributed by atoms with Gasteiger partial charge in [0.1, 0.15) is 6.10 Å². The molecule has 112 valence electrons. The zero-order chi connectivity index (χ0) is 14.7. The fourth-order valence-corrected chi connectivity index (χ4v) is 3.77. The van der Waals surface area contributed by atoms with Crippen LogP contribution in [0.15, 0.2) is 23.4 Å². The first-order valence-electron chi connectivity index (χ1n) is 7.93. The summed E-state index contributed by atoms with van der Waals surface area (Å²) in [4.78, 5) is 21.8. The van der Waals surface area contributed by atoms with Crippen molar-refractivity contribution in [2.75, 3.05) is 0 Å². The SMILES string of the molecule is O=NC(=O)OC(c1ccc2c(c1)CCC2)C1CCCCC1. The Kier molecular flexibility index (Phi) is 4.32. The van der Waals surface area contributed by atoms with E-state index in [-0.39, 0.29) is 6.10 Å². The Balaban J connectivity index is 1.86. The molecule has 0 radical (unpaired) electrons. The monoisotopic (exact) mass is 287 g/mol. The average Bonchev–Trinajstić information content (AvgIpc) is 3.00. The van der Waals surface area contributed by atoms with Gasteiger partial charge in [-0.25, -0.2) is 4.79 Å². The van der Waals surface area contributed by atoms with E-state index >= 15 is 0 Å². The van der Waals surface area contributed by atoms with Crippen LogP contribution in [0, 0.1) is 10.8 Å². The molecule has 4 nitrogen and oxygen atoms in total. The molecule has 0 spiro atoms. The van der Waals surface area contributed by atoms with E-state index in [1.165, 1.54) is 24.0 Å². The summed E-state index contributed by atoms with van der Waals surface area (Å²) < 4.78 is 5.37. The molecule has 1 fully saturated rings. The number of rotatable bonds is 3. The predicted octanol–water partition coefficient (Wildman–Crippen LogP) is 4.70. The number of nitroso groups, excluding NO2 is 1. The summed E-state index contributed by atoms with van der Waals surface area (Å²) in [5, 5.41) is 2.41. The van der Waals surface area contributed by atoms with E-state index in [1.807, 2.05) is 0 Å². The number of ether oxygens (including phenoxy) is 1. The minimum Gasteiger partial charge on any atom is -0.437 e. The van der Waals surface area contributed by atoms with Gasteiger partial charge in [0.2, 0.25) is 0 Å². The van der Waals surface area contributed by atoms with Crippen molar-refractivity contribution in [3.8, 4) is 0 Å². The summed E-state index contributed by atoms with van der Waals surface area (Å²) in [5.41, 5.74) is 3.80. The van der Waals surface area contributed by atoms with Gasteiger partial charge in [0.05, 0.1) is 5.18 Å². The summed E-state index contributed by atoms with van der Waals surface area (Å²) in [7, 11) is 0. The zero-order valence-electron chi connectivity index (χ0n) is 12.2. The van der Waals surface area contributed by atoms with Crippen LogP contribution in [0.5, 0.6) is 0 Å². The first-order chi connectivity index (χ1) is 10.3. The number of hydrogen-bond donors (Lipinski definition) is 0. The fourth-order valence-electron chi connectivity index (χ4n) is 3.77. The molecule has 1 aromatic carbocycles. The molecule has 0 aromatic heterocycles. The van der Waals surface area contributed by atoms with Crippen molar-refractivity contribution < 1.29 is 9.53 Å². The van der Waals surface area contributed by atoms with Crippen molar-refractivity contribution >= 4 is 6.09 Å². The van der Waals surface area contributed by atoms with Crippen LogP contribution in [0.1, 0.15) is 61.3 Å². The standard InChI is InChI=1S/C17H21NO3/c19-17(18-20)21-16(13-5-2-1-3-6-13)15-10-9-12-7-4-8-14(12)11-15/h9-11,13,16H,1-8H2. The van der Waals surface area contributed by atoms with Gasteiger partial charge in [-0.3, -0.25) is 0 Å². The summed E-state index contributed by atoms with van der Waals surface area (Å²) in [5.74, 6) is 0.309. The van der Waals surface area contributed by atoms with Gasteiger partial charge in [-0.05, 0) is 48.8 Å². The number of carbonyl (C=O) groups excluding carboxylic acids is 1. The van der Waals surface area contributed by atoms with Crippen LogP contribution < -0.4 is 0 Å². The van der Waals surface area contributed by atoms with E-state index in [0.717, 1.165) is 44.1 Å². The highest BCUT2D eigenvalue weighted by Gasteiger charge is 2.29. The summed E-state index contributed by atoms with van der Waals surface area (Å²) in [6.07, 6.45) is 7.79. The molecule has 1 atom stereocenters. The highest BCUT2D eigenvalue weighted by Crippen LogP contribution is 2.38. The number of hydrogen-bond acceptors (Lipinski definition) is 3. The van der Waals surface area contributed by atoms with Crippen molar-refractivity contribution in [1.29, 1.82) is 0 Å². The van der Waals surface area contributed by atoms with Gasteiger partial charge in [0.25, 0.3) is 0 Å². The lowest BCUT2D eigenvalue weighted by Crippen LogP contribution is -2.21. The Morgan fingerprint density at radius 1 is 1.10 bits per heavy atom. The molecule has 1 saturated carbocycles. The predicted molar refractivity (Wildman–Crippen MR) is 80.1 cm³/mol. The van der Waals surface area contributed by atoms with E-state index in [9.17, 15) is 9.70 Å². The normalized spacial score (nSPS) is 19.8. The van der Waals surface area contributed by atoms with Crippen molar-refractivity contribution in [3.63, 3.8) is 0 Å². The molecule has 1 unspecified atom stereocenters. The minimum absolute atomic E-state index is 0.309. The maximum atomic E-state index is 11.4. The first kappa shape index (κ1) is 14.2. The van der Waals surface area contributed by atoms with Crippen molar-refractivity contribution in [2.45, 2.75) is 57.5 Å². The maximum absolute atomic E-state index is 11.4. The van der Waals surface area contributed by atoms with Crippen LogP contribution in [0.3, 0.4) is 0 Å². The molecule has 1 amide bonds. The van der Waals surface area contributed by atoms with Crippen LogP contribution >= 0.6 is 0 Å². The summed E-state index contributed by atoms with van der Waals surface area (Å²) >= 11 is 0. The van der Waals surface area contributed by atoms with Crippen LogP contribution in [0.4, 0.5) is 4.79 Å². The van der Waals surface area contributed by atoms with Gasteiger partial charge in [-0.15, -0.1) is 4.91 Å². The van der Waals surface area contributed by atoms with E-state index in [4.69, 9.17) is 4.74 Å². The minimum atomic E-state index is -0.994. The molecule has 2 aliphatic carbocycles. The number of carbonyl (C=O) groups is 1. The lowest BCUT2D eigenvalue weighted by Gasteiger charge is -2.29. The molecule has 0 bridgehead atoms. The van der Waals surface area contributed by atoms with E-state index in [1.54, 1.807) is 0 Å². The van der Waals surface area contributed by atoms with Crippen molar-refractivity contribution in [1.82, 2.24) is 0 Å². The van der Waals surface area contributed by atoms with Gasteiger partial charge in [0, 0.05) is 5.92 Å². The number of benzene rings is 1. The number of nitrogens with zero attached hydrogens (tertiary/aromatic N) is 1. The molecule has 0 aliphatic heterocycles. The Labute approximate surface area is 124 Å². The van der Waals surface area contributed by atoms with E-state index < -0.39 is 6.09 Å². The molecule has 1 aromatic rings. The topological polar surface area (TPSA) is 55.7 Å². The van der Waals surface area contributed by atoms with E-state index in [2.05, 4.69) is 23.4 Å². The lowest BCUT2D eigenvalue weighted by atomic mass is 9.82. The van der Waals surface area contributed by atoms with Gasteiger partial charge in [-0.2, -0.15) is 0 Å². The highest BCUT2D eigenvalue weighted by molar-refractivity contribution is 5.68. The molecule has 0 saturated heterocycles. The quantitative estimate of drug-likeness (QED) is 0.757. The Hall–Kier alpha value is -1.71. The fraction of sp³-hybridized carbons (Fsp3) is 0.588. The molecule has 3 rings (SSSR count). The number of aryl methyl sites for hydroxylation is 2. The zero-order valence-corrected chi connectivity index (χ0v) is 12.2. The number of fused-ring (bicyclic) bond motifs is 1. The van der Waals surface area contributed by atoms with E-state index in [0.29, 0.717) is 5.92 Å². The molecule has 2 aliphatic rings. The summed E-state index contributed by atoms with van der Waals surface area (Å²) in [6, 6.07) is 6.37. The third-order valence-electron chi connectivity index (χ3n) is 4.83. The molecule has 4 heteroatoms. The van der Waals surface area contributed by atoms with Crippen LogP contribution in [0.25, 0.3) is 0 Å². The average molecular weight is 287 g/mol. The lowest BCUT2D eigenvalue weighted by molar-refractivity contribution is 0.0534. The van der Waals surface area contributed by atoms with Gasteiger partial charge in [-0.1, -0.05) is 37.5 Å². The summed E-state index contributed by atoms with van der Waals surface area (Å²) in [6.45, 7) is 0. The van der Waals surface area contributed by atoms with Crippen LogP contribution in [0.2, 0.25) is 0 Å². The van der Waals surface area contributed by atoms with Gasteiger partial charge in [0.15, 0.2) is 0 Å². The van der Waals surface area contributed by atoms with Crippen LogP contribution in [-0.4, -0.2) is 6.09 Å². The molecule has 0 N–H and O–H groups in total. The third kappa shape index (κ3) is 3.14. The smallest absolute Gasteiger partial charge is 0.437 e. The second kappa shape index (κ2) is 6.37. The van der Waals surface area contributed by atoms with Crippen LogP contribution in [-0.2, 0) is 17.6 Å². The molecule has 21 heavy (non-hydrogen) atoms. The largest absolute Gasteiger partial charge is 0.471 e. The second-order valence-electron chi connectivity index (χ2n) is 6.18. The Bertz CT molecular complexity index is 535. The number of amides is 1. The Morgan fingerprint density at radius 2 is 1.86 bits per heavy atom. The molecule has 0 heterocycles. The first-order valence-corrected chi connectivity index (χ1v) is 7.93. The third-order valence-corrected chi connectivity index (χ3v) is 4.83. The van der Waals surface area contributed by atoms with Crippen molar-refractivity contribution in [2.24, 2.45) is 11.1 Å². The maximum Gasteiger partial charge on any atom is 0.471 e. The molecular weight excluding hydrogens is 266 g/mol. The Morgan fingerprint density at radius 3 is 2.62 bits per heavy atom. The molecular formula is C17H21NO3. The van der Waals surface area contributed by atoms with Gasteiger partial charge >= 0.3 is 6.09 Å². The second-order valence-corrected chi connectivity index (χ2v) is 6.18.